The number of benzene rings is 2. The molecule has 0 atom stereocenters. The third-order valence-corrected chi connectivity index (χ3v) is 4.22. The molecule has 0 spiro atoms. The zero-order chi connectivity index (χ0) is 17.2. The number of carbonyl (C=O) groups excluding carboxylic acids is 4. The topological polar surface area (TPSA) is 86.7 Å². The average Bonchev–Trinajstić information content (AvgIpc) is 2.53. The van der Waals surface area contributed by atoms with Gasteiger partial charge in [0, 0.05) is 0 Å². The van der Waals surface area contributed by atoms with Crippen LogP contribution >= 0.6 is 0 Å². The summed E-state index contributed by atoms with van der Waals surface area (Å²) in [6.45, 7) is 3.25. The summed E-state index contributed by atoms with van der Waals surface area (Å²) in [6.07, 6.45) is 0. The van der Waals surface area contributed by atoms with E-state index < -0.39 is 23.9 Å². The van der Waals surface area contributed by atoms with Crippen LogP contribution in [0.4, 0.5) is 0 Å². The van der Waals surface area contributed by atoms with Gasteiger partial charge in [0.15, 0.2) is 0 Å². The van der Waals surface area contributed by atoms with Gasteiger partial charge < -0.3 is 9.47 Å². The highest BCUT2D eigenvalue weighted by molar-refractivity contribution is 6.17. The fourth-order valence-corrected chi connectivity index (χ4v) is 3.15. The minimum absolute atomic E-state index is 0.0755. The molecule has 4 bridgehead atoms. The molecule has 6 heteroatoms. The Hall–Kier alpha value is -3.28. The van der Waals surface area contributed by atoms with Crippen molar-refractivity contribution in [3.63, 3.8) is 0 Å². The molecule has 2 heterocycles. The number of esters is 4. The van der Waals surface area contributed by atoms with E-state index in [2.05, 4.69) is 0 Å². The highest BCUT2D eigenvalue weighted by Gasteiger charge is 2.34. The molecule has 4 rings (SSSR count). The lowest BCUT2D eigenvalue weighted by molar-refractivity contribution is 0.0333. The van der Waals surface area contributed by atoms with Gasteiger partial charge in [0.25, 0.3) is 0 Å². The van der Waals surface area contributed by atoms with Gasteiger partial charge >= 0.3 is 23.9 Å². The molecule has 24 heavy (non-hydrogen) atoms. The SMILES string of the molecule is Cc1cc2cc3c1C(=O)OC(=O)c1c(C)cc-2cc1C(=O)OC3=O. The Morgan fingerprint density at radius 3 is 1.38 bits per heavy atom. The molecule has 2 aromatic carbocycles. The van der Waals surface area contributed by atoms with Crippen molar-refractivity contribution in [2.45, 2.75) is 13.8 Å². The van der Waals surface area contributed by atoms with Crippen LogP contribution in [0.15, 0.2) is 24.3 Å². The number of hydrogen-bond acceptors (Lipinski definition) is 6. The summed E-state index contributed by atoms with van der Waals surface area (Å²) in [6, 6.07) is 6.35. The zero-order valence-electron chi connectivity index (χ0n) is 12.8. The molecule has 2 aliphatic rings. The Kier molecular flexibility index (Phi) is 2.75. The molecule has 2 aliphatic heterocycles. The van der Waals surface area contributed by atoms with Gasteiger partial charge in [-0.05, 0) is 48.2 Å². The van der Waals surface area contributed by atoms with Gasteiger partial charge in [-0.3, -0.25) is 0 Å². The first-order valence-electron chi connectivity index (χ1n) is 7.19. The van der Waals surface area contributed by atoms with Crippen molar-refractivity contribution in [2.75, 3.05) is 0 Å². The first-order chi connectivity index (χ1) is 11.4. The molecule has 0 radical (unpaired) electrons. The van der Waals surface area contributed by atoms with Crippen LogP contribution in [0.3, 0.4) is 0 Å². The van der Waals surface area contributed by atoms with Crippen molar-refractivity contribution in [3.8, 4) is 11.1 Å². The quantitative estimate of drug-likeness (QED) is 0.547. The van der Waals surface area contributed by atoms with E-state index in [4.69, 9.17) is 9.47 Å². The summed E-state index contributed by atoms with van der Waals surface area (Å²) < 4.78 is 9.79. The Labute approximate surface area is 136 Å². The van der Waals surface area contributed by atoms with Crippen molar-refractivity contribution in [1.29, 1.82) is 0 Å². The van der Waals surface area contributed by atoms with Crippen molar-refractivity contribution in [2.24, 2.45) is 0 Å². The largest absolute Gasteiger partial charge is 0.386 e. The van der Waals surface area contributed by atoms with Crippen molar-refractivity contribution in [1.82, 2.24) is 0 Å². The molecule has 0 N–H and O–H groups in total. The maximum Gasteiger partial charge on any atom is 0.347 e. The molecule has 118 valence electrons. The fourth-order valence-electron chi connectivity index (χ4n) is 3.15. The van der Waals surface area contributed by atoms with Gasteiger partial charge in [0.05, 0.1) is 22.3 Å². The summed E-state index contributed by atoms with van der Waals surface area (Å²) >= 11 is 0. The Morgan fingerprint density at radius 1 is 0.583 bits per heavy atom. The van der Waals surface area contributed by atoms with E-state index in [1.165, 1.54) is 12.1 Å². The first-order valence-corrected chi connectivity index (χ1v) is 7.19. The van der Waals surface area contributed by atoms with Gasteiger partial charge in [-0.2, -0.15) is 0 Å². The van der Waals surface area contributed by atoms with Gasteiger partial charge in [0.1, 0.15) is 0 Å². The van der Waals surface area contributed by atoms with E-state index in [0.717, 1.165) is 0 Å². The molecule has 6 nitrogen and oxygen atoms in total. The molecule has 0 fully saturated rings. The van der Waals surface area contributed by atoms with Crippen molar-refractivity contribution in [3.05, 3.63) is 57.6 Å². The van der Waals surface area contributed by atoms with Crippen LogP contribution in [-0.2, 0) is 9.47 Å². The second-order valence-corrected chi connectivity index (χ2v) is 5.79. The van der Waals surface area contributed by atoms with Gasteiger partial charge in [-0.25, -0.2) is 19.2 Å². The van der Waals surface area contributed by atoms with Crippen LogP contribution < -0.4 is 0 Å². The number of ether oxygens (including phenoxy) is 2. The third-order valence-electron chi connectivity index (χ3n) is 4.22. The average molecular weight is 322 g/mol. The minimum atomic E-state index is -0.947. The molecule has 0 amide bonds. The van der Waals surface area contributed by atoms with Gasteiger partial charge in [-0.15, -0.1) is 0 Å². The Bertz CT molecular complexity index is 920. The molecule has 2 aromatic rings. The molecular formula is C18H10O6. The lowest BCUT2D eigenvalue weighted by Gasteiger charge is -2.14. The number of hydrogen-bond donors (Lipinski definition) is 0. The molecule has 0 unspecified atom stereocenters. The van der Waals surface area contributed by atoms with Crippen LogP contribution in [-0.4, -0.2) is 23.9 Å². The molecule has 0 saturated heterocycles. The molecule has 0 saturated carbocycles. The third kappa shape index (κ3) is 1.83. The summed E-state index contributed by atoms with van der Waals surface area (Å²) in [5.74, 6) is -3.78. The van der Waals surface area contributed by atoms with Crippen LogP contribution in [0.1, 0.15) is 52.6 Å². The lowest BCUT2D eigenvalue weighted by atomic mass is 9.92. The summed E-state index contributed by atoms with van der Waals surface area (Å²) in [4.78, 5) is 49.5. The normalized spacial score (nSPS) is 15.2. The number of fused-ring (bicyclic) bond motifs is 5. The first kappa shape index (κ1) is 14.3. The van der Waals surface area contributed by atoms with E-state index in [-0.39, 0.29) is 22.3 Å². The van der Waals surface area contributed by atoms with E-state index in [1.807, 2.05) is 0 Å². The van der Waals surface area contributed by atoms with E-state index in [0.29, 0.717) is 22.3 Å². The number of cyclic esters (lactones) is 2. The van der Waals surface area contributed by atoms with E-state index in [9.17, 15) is 19.2 Å². The van der Waals surface area contributed by atoms with Crippen molar-refractivity contribution < 1.29 is 28.7 Å². The highest BCUT2D eigenvalue weighted by Crippen LogP contribution is 2.33. The van der Waals surface area contributed by atoms with Crippen LogP contribution in [0.5, 0.6) is 0 Å². The predicted octanol–water partition coefficient (Wildman–Crippen LogP) is 2.59. The standard InChI is InChI=1S/C18H10O6/c1-7-3-9-5-11-13(7)17(21)24-18(22)14-8(2)4-10(9)6-12(14)16(20)23-15(11)19/h3-6H,1-2H3. The Morgan fingerprint density at radius 2 is 0.958 bits per heavy atom. The van der Waals surface area contributed by atoms with Crippen molar-refractivity contribution >= 4 is 23.9 Å². The van der Waals surface area contributed by atoms with Gasteiger partial charge in [0.2, 0.25) is 0 Å². The number of rotatable bonds is 0. The molecule has 0 aliphatic carbocycles. The number of carbonyl (C=O) groups is 4. The summed E-state index contributed by atoms with van der Waals surface area (Å²) in [7, 11) is 0. The summed E-state index contributed by atoms with van der Waals surface area (Å²) in [5.41, 5.74) is 1.86. The zero-order valence-corrected chi connectivity index (χ0v) is 12.8. The monoisotopic (exact) mass is 322 g/mol. The smallest absolute Gasteiger partial charge is 0.347 e. The number of aryl methyl sites for hydroxylation is 2. The maximum atomic E-state index is 12.4. The fraction of sp³-hybridized carbons (Fsp3) is 0.111. The second-order valence-electron chi connectivity index (χ2n) is 5.79. The van der Waals surface area contributed by atoms with Crippen LogP contribution in [0.2, 0.25) is 0 Å². The second kappa shape index (κ2) is 4.61. The van der Waals surface area contributed by atoms with E-state index in [1.54, 1.807) is 26.0 Å². The van der Waals surface area contributed by atoms with Crippen LogP contribution in [0, 0.1) is 13.8 Å². The lowest BCUT2D eigenvalue weighted by Crippen LogP contribution is -2.24. The Balaban J connectivity index is 2.25. The minimum Gasteiger partial charge on any atom is -0.386 e. The predicted molar refractivity (Wildman–Crippen MR) is 80.8 cm³/mol. The maximum absolute atomic E-state index is 12.4. The van der Waals surface area contributed by atoms with E-state index >= 15 is 0 Å². The molecular weight excluding hydrogens is 312 g/mol. The summed E-state index contributed by atoms with van der Waals surface area (Å²) in [5, 5.41) is 0. The van der Waals surface area contributed by atoms with Gasteiger partial charge in [-0.1, -0.05) is 12.1 Å². The van der Waals surface area contributed by atoms with Crippen LogP contribution in [0.25, 0.3) is 11.1 Å². The highest BCUT2D eigenvalue weighted by atomic mass is 16.6. The molecule has 0 aromatic heterocycles.